The Morgan fingerprint density at radius 3 is 3.22 bits per heavy atom. The first-order valence-corrected chi connectivity index (χ1v) is 6.63. The first-order chi connectivity index (χ1) is 8.72. The highest BCUT2D eigenvalue weighted by Gasteiger charge is 2.25. The molecule has 1 N–H and O–H groups in total. The highest BCUT2D eigenvalue weighted by molar-refractivity contribution is 7.10. The number of hydrogen-bond acceptors (Lipinski definition) is 4. The fourth-order valence-corrected chi connectivity index (χ4v) is 2.59. The van der Waals surface area contributed by atoms with Crippen LogP contribution < -0.4 is 0 Å². The zero-order valence-electron chi connectivity index (χ0n) is 10.2. The number of amides is 1. The van der Waals surface area contributed by atoms with Crippen LogP contribution in [0.5, 0.6) is 0 Å². The van der Waals surface area contributed by atoms with E-state index in [0.29, 0.717) is 12.2 Å². The largest absolute Gasteiger partial charge is 0.384 e. The maximum absolute atomic E-state index is 12.2. The van der Waals surface area contributed by atoms with Crippen LogP contribution in [0.25, 0.3) is 0 Å². The number of nitrogens with zero attached hydrogens (tertiary/aromatic N) is 1. The molecule has 0 spiro atoms. The Hall–Kier alpha value is -1.35. The summed E-state index contributed by atoms with van der Waals surface area (Å²) in [6.45, 7) is 1.17. The van der Waals surface area contributed by atoms with Gasteiger partial charge in [0, 0.05) is 19.0 Å². The maximum Gasteiger partial charge on any atom is 0.254 e. The van der Waals surface area contributed by atoms with E-state index in [2.05, 4.69) is 11.8 Å². The second kappa shape index (κ2) is 6.01. The summed E-state index contributed by atoms with van der Waals surface area (Å²) in [5.74, 6) is 5.37. The Kier molecular flexibility index (Phi) is 4.37. The van der Waals surface area contributed by atoms with Crippen molar-refractivity contribution in [2.75, 3.05) is 26.9 Å². The van der Waals surface area contributed by atoms with E-state index in [1.807, 2.05) is 0 Å². The number of carbonyl (C=O) groups is 1. The van der Waals surface area contributed by atoms with E-state index in [-0.39, 0.29) is 18.6 Å². The van der Waals surface area contributed by atoms with Crippen molar-refractivity contribution in [3.05, 3.63) is 21.9 Å². The molecule has 1 unspecified atom stereocenters. The highest BCUT2D eigenvalue weighted by Crippen LogP contribution is 2.18. The van der Waals surface area contributed by atoms with E-state index in [1.165, 1.54) is 11.3 Å². The molecule has 4 nitrogen and oxygen atoms in total. The molecule has 0 bridgehead atoms. The molecule has 1 aliphatic rings. The summed E-state index contributed by atoms with van der Waals surface area (Å²) in [5.41, 5.74) is 0.650. The SMILES string of the molecule is CN(C(=O)c1csc(C#CCO)c1)C1CCOC1. The molecule has 18 heavy (non-hydrogen) atoms. The van der Waals surface area contributed by atoms with E-state index in [4.69, 9.17) is 9.84 Å². The van der Waals surface area contributed by atoms with Gasteiger partial charge in [-0.2, -0.15) is 0 Å². The average Bonchev–Trinajstić information content (AvgIpc) is 3.05. The Morgan fingerprint density at radius 2 is 2.56 bits per heavy atom. The molecule has 1 aromatic heterocycles. The Morgan fingerprint density at radius 1 is 1.72 bits per heavy atom. The van der Waals surface area contributed by atoms with Gasteiger partial charge in [0.15, 0.2) is 0 Å². The van der Waals surface area contributed by atoms with Crippen molar-refractivity contribution in [3.63, 3.8) is 0 Å². The number of likely N-dealkylation sites (N-methyl/N-ethyl adjacent to an activating group) is 1. The van der Waals surface area contributed by atoms with E-state index in [1.54, 1.807) is 23.4 Å². The van der Waals surface area contributed by atoms with Crippen molar-refractivity contribution in [2.24, 2.45) is 0 Å². The molecule has 2 rings (SSSR count). The smallest absolute Gasteiger partial charge is 0.254 e. The summed E-state index contributed by atoms with van der Waals surface area (Å²) in [4.78, 5) is 14.7. The average molecular weight is 265 g/mol. The van der Waals surface area contributed by atoms with Crippen molar-refractivity contribution >= 4 is 17.2 Å². The van der Waals surface area contributed by atoms with Crippen molar-refractivity contribution in [1.82, 2.24) is 4.90 Å². The summed E-state index contributed by atoms with van der Waals surface area (Å²) < 4.78 is 5.28. The molecule has 0 saturated carbocycles. The number of aliphatic hydroxyl groups is 1. The normalized spacial score (nSPS) is 18.2. The summed E-state index contributed by atoms with van der Waals surface area (Å²) in [6.07, 6.45) is 0.892. The van der Waals surface area contributed by atoms with Crippen molar-refractivity contribution < 1.29 is 14.6 Å². The summed E-state index contributed by atoms with van der Waals surface area (Å²) >= 11 is 1.41. The predicted molar refractivity (Wildman–Crippen MR) is 69.6 cm³/mol. The van der Waals surface area contributed by atoms with Crippen molar-refractivity contribution in [3.8, 4) is 11.8 Å². The molecule has 0 radical (unpaired) electrons. The van der Waals surface area contributed by atoms with Crippen LogP contribution in [-0.4, -0.2) is 48.8 Å². The standard InChI is InChI=1S/C13H15NO3S/c1-14(11-4-6-17-8-11)13(16)10-7-12(18-9-10)3-2-5-15/h7,9,11,15H,4-6,8H2,1H3. The second-order valence-corrected chi connectivity index (χ2v) is 5.00. The van der Waals surface area contributed by atoms with Gasteiger partial charge in [-0.05, 0) is 12.5 Å². The molecule has 1 aliphatic heterocycles. The number of hydrogen-bond donors (Lipinski definition) is 1. The van der Waals surface area contributed by atoms with Gasteiger partial charge in [-0.25, -0.2) is 0 Å². The second-order valence-electron chi connectivity index (χ2n) is 4.09. The van der Waals surface area contributed by atoms with Gasteiger partial charge in [0.25, 0.3) is 5.91 Å². The highest BCUT2D eigenvalue weighted by atomic mass is 32.1. The van der Waals surface area contributed by atoms with Crippen LogP contribution in [-0.2, 0) is 4.74 Å². The molecule has 1 aromatic rings. The van der Waals surface area contributed by atoms with Crippen LogP contribution in [0.3, 0.4) is 0 Å². The van der Waals surface area contributed by atoms with Crippen LogP contribution in [0.15, 0.2) is 11.4 Å². The number of ether oxygens (including phenoxy) is 1. The predicted octanol–water partition coefficient (Wildman–Crippen LogP) is 0.953. The first-order valence-electron chi connectivity index (χ1n) is 5.75. The minimum absolute atomic E-state index is 0.00111. The Labute approximate surface area is 110 Å². The summed E-state index contributed by atoms with van der Waals surface area (Å²) in [5, 5.41) is 10.4. The van der Waals surface area contributed by atoms with Crippen LogP contribution >= 0.6 is 11.3 Å². The summed E-state index contributed by atoms with van der Waals surface area (Å²) in [7, 11) is 1.80. The fourth-order valence-electron chi connectivity index (χ4n) is 1.84. The molecule has 0 aliphatic carbocycles. The van der Waals surface area contributed by atoms with E-state index >= 15 is 0 Å². The number of rotatable bonds is 2. The minimum Gasteiger partial charge on any atom is -0.384 e. The van der Waals surface area contributed by atoms with E-state index in [9.17, 15) is 4.79 Å². The molecular formula is C13H15NO3S. The third-order valence-corrected chi connectivity index (χ3v) is 3.76. The number of aliphatic hydroxyl groups excluding tert-OH is 1. The molecule has 5 heteroatoms. The van der Waals surface area contributed by atoms with Gasteiger partial charge in [-0.1, -0.05) is 11.8 Å². The topological polar surface area (TPSA) is 49.8 Å². The zero-order chi connectivity index (χ0) is 13.0. The van der Waals surface area contributed by atoms with Gasteiger partial charge in [0.2, 0.25) is 0 Å². The lowest BCUT2D eigenvalue weighted by Gasteiger charge is -2.22. The van der Waals surface area contributed by atoms with Gasteiger partial charge < -0.3 is 14.7 Å². The monoisotopic (exact) mass is 265 g/mol. The molecular weight excluding hydrogens is 250 g/mol. The van der Waals surface area contributed by atoms with Gasteiger partial charge in [-0.15, -0.1) is 11.3 Å². The molecule has 1 atom stereocenters. The molecule has 96 valence electrons. The third kappa shape index (κ3) is 2.91. The number of carbonyl (C=O) groups excluding carboxylic acids is 1. The van der Waals surface area contributed by atoms with Gasteiger partial charge in [0.1, 0.15) is 6.61 Å². The van der Waals surface area contributed by atoms with Gasteiger partial charge in [0.05, 0.1) is 23.1 Å². The Balaban J connectivity index is 2.06. The van der Waals surface area contributed by atoms with Crippen LogP contribution in [0, 0.1) is 11.8 Å². The van der Waals surface area contributed by atoms with Crippen LogP contribution in [0.1, 0.15) is 21.7 Å². The molecule has 1 fully saturated rings. The number of thiophene rings is 1. The molecule has 1 amide bonds. The molecule has 2 heterocycles. The van der Waals surface area contributed by atoms with Crippen molar-refractivity contribution in [1.29, 1.82) is 0 Å². The maximum atomic E-state index is 12.2. The lowest BCUT2D eigenvalue weighted by atomic mass is 10.2. The van der Waals surface area contributed by atoms with E-state index in [0.717, 1.165) is 17.9 Å². The Bertz CT molecular complexity index is 480. The molecule has 1 saturated heterocycles. The van der Waals surface area contributed by atoms with Crippen LogP contribution in [0.2, 0.25) is 0 Å². The van der Waals surface area contributed by atoms with Gasteiger partial charge >= 0.3 is 0 Å². The van der Waals surface area contributed by atoms with Crippen molar-refractivity contribution in [2.45, 2.75) is 12.5 Å². The lowest BCUT2D eigenvalue weighted by Crippen LogP contribution is -2.37. The lowest BCUT2D eigenvalue weighted by molar-refractivity contribution is 0.0712. The fraction of sp³-hybridized carbons (Fsp3) is 0.462. The van der Waals surface area contributed by atoms with E-state index < -0.39 is 0 Å². The first kappa shape index (κ1) is 13.1. The minimum atomic E-state index is -0.166. The summed E-state index contributed by atoms with van der Waals surface area (Å²) in [6, 6.07) is 1.94. The third-order valence-electron chi connectivity index (χ3n) is 2.91. The zero-order valence-corrected chi connectivity index (χ0v) is 11.0. The quantitative estimate of drug-likeness (QED) is 0.810. The van der Waals surface area contributed by atoms with Gasteiger partial charge in [-0.3, -0.25) is 4.79 Å². The van der Waals surface area contributed by atoms with Crippen LogP contribution in [0.4, 0.5) is 0 Å². The molecule has 0 aromatic carbocycles.